The van der Waals surface area contributed by atoms with Crippen molar-refractivity contribution < 1.29 is 5.11 Å². The van der Waals surface area contributed by atoms with E-state index in [1.807, 2.05) is 0 Å². The van der Waals surface area contributed by atoms with Crippen molar-refractivity contribution in [1.29, 1.82) is 0 Å². The Bertz CT molecular complexity index is 172. The molecule has 0 amide bonds. The molecule has 0 aromatic heterocycles. The van der Waals surface area contributed by atoms with E-state index in [0.29, 0.717) is 0 Å². The molecule has 1 nitrogen and oxygen atoms in total. The number of aliphatic hydroxyl groups excluding tert-OH is 1. The number of unbranched alkanes of at least 4 members (excludes halogenated alkanes) is 4. The average Bonchev–Trinajstić information content (AvgIpc) is 2.28. The summed E-state index contributed by atoms with van der Waals surface area (Å²) in [6.07, 6.45) is 12.8. The highest BCUT2D eigenvalue weighted by molar-refractivity contribution is 4.94. The van der Waals surface area contributed by atoms with Crippen LogP contribution in [0.5, 0.6) is 0 Å². The van der Waals surface area contributed by atoms with Crippen molar-refractivity contribution in [3.63, 3.8) is 0 Å². The van der Waals surface area contributed by atoms with Crippen LogP contribution in [0.3, 0.4) is 0 Å². The summed E-state index contributed by atoms with van der Waals surface area (Å²) < 4.78 is 0. The van der Waals surface area contributed by atoms with E-state index in [-0.39, 0.29) is 6.10 Å². The largest absolute Gasteiger partial charge is 0.393 e. The SMILES string of the molecule is CC=C(C)CCCC(O)CCCCCCC. The van der Waals surface area contributed by atoms with Crippen LogP contribution in [0.2, 0.25) is 0 Å². The van der Waals surface area contributed by atoms with Gasteiger partial charge in [0.25, 0.3) is 0 Å². The van der Waals surface area contributed by atoms with Gasteiger partial charge in [0.1, 0.15) is 0 Å². The third-order valence-corrected chi connectivity index (χ3v) is 3.24. The molecule has 0 aliphatic rings. The molecule has 0 aromatic carbocycles. The summed E-state index contributed by atoms with van der Waals surface area (Å²) in [6, 6.07) is 0. The van der Waals surface area contributed by atoms with E-state index in [1.54, 1.807) is 0 Å². The van der Waals surface area contributed by atoms with Crippen molar-refractivity contribution in [2.45, 2.75) is 84.7 Å². The van der Waals surface area contributed by atoms with Crippen molar-refractivity contribution in [1.82, 2.24) is 0 Å². The fourth-order valence-electron chi connectivity index (χ4n) is 1.89. The minimum absolute atomic E-state index is 0.0636. The van der Waals surface area contributed by atoms with Gasteiger partial charge in [-0.2, -0.15) is 0 Å². The maximum absolute atomic E-state index is 9.77. The van der Waals surface area contributed by atoms with Crippen LogP contribution in [-0.4, -0.2) is 11.2 Å². The minimum atomic E-state index is -0.0636. The Balaban J connectivity index is 3.27. The Labute approximate surface area is 102 Å². The van der Waals surface area contributed by atoms with Gasteiger partial charge in [0.2, 0.25) is 0 Å². The zero-order valence-corrected chi connectivity index (χ0v) is 11.5. The molecular weight excluding hydrogens is 196 g/mol. The molecule has 0 aliphatic carbocycles. The van der Waals surface area contributed by atoms with Crippen LogP contribution in [0.1, 0.15) is 78.6 Å². The molecule has 0 fully saturated rings. The predicted molar refractivity (Wildman–Crippen MR) is 72.7 cm³/mol. The molecule has 96 valence electrons. The maximum atomic E-state index is 9.77. The number of hydrogen-bond acceptors (Lipinski definition) is 1. The van der Waals surface area contributed by atoms with E-state index >= 15 is 0 Å². The lowest BCUT2D eigenvalue weighted by molar-refractivity contribution is 0.148. The molecule has 0 saturated carbocycles. The predicted octanol–water partition coefficient (Wildman–Crippen LogP) is 4.84. The number of rotatable bonds is 10. The molecule has 1 atom stereocenters. The number of hydrogen-bond donors (Lipinski definition) is 1. The van der Waals surface area contributed by atoms with Gasteiger partial charge in [-0.25, -0.2) is 0 Å². The van der Waals surface area contributed by atoms with Crippen LogP contribution < -0.4 is 0 Å². The van der Waals surface area contributed by atoms with Crippen LogP contribution in [0, 0.1) is 0 Å². The van der Waals surface area contributed by atoms with Gasteiger partial charge >= 0.3 is 0 Å². The van der Waals surface area contributed by atoms with Gasteiger partial charge in [0.05, 0.1) is 6.10 Å². The molecule has 1 unspecified atom stereocenters. The second-order valence-electron chi connectivity index (χ2n) is 4.88. The quantitative estimate of drug-likeness (QED) is 0.417. The van der Waals surface area contributed by atoms with Gasteiger partial charge < -0.3 is 5.11 Å². The third kappa shape index (κ3) is 10.2. The molecule has 16 heavy (non-hydrogen) atoms. The molecule has 0 rings (SSSR count). The monoisotopic (exact) mass is 226 g/mol. The summed E-state index contributed by atoms with van der Waals surface area (Å²) in [7, 11) is 0. The summed E-state index contributed by atoms with van der Waals surface area (Å²) in [5.41, 5.74) is 1.44. The number of allylic oxidation sites excluding steroid dienone is 2. The zero-order chi connectivity index (χ0) is 12.2. The van der Waals surface area contributed by atoms with Crippen LogP contribution in [0.25, 0.3) is 0 Å². The van der Waals surface area contributed by atoms with Gasteiger partial charge in [-0.1, -0.05) is 50.7 Å². The summed E-state index contributed by atoms with van der Waals surface area (Å²) in [6.45, 7) is 6.48. The molecule has 1 N–H and O–H groups in total. The minimum Gasteiger partial charge on any atom is -0.393 e. The second kappa shape index (κ2) is 11.2. The lowest BCUT2D eigenvalue weighted by Crippen LogP contribution is -2.06. The van der Waals surface area contributed by atoms with E-state index < -0.39 is 0 Å². The Kier molecular flexibility index (Phi) is 11.0. The molecule has 0 aliphatic heterocycles. The molecule has 0 heterocycles. The summed E-state index contributed by atoms with van der Waals surface area (Å²) in [5.74, 6) is 0. The van der Waals surface area contributed by atoms with E-state index in [0.717, 1.165) is 25.7 Å². The Morgan fingerprint density at radius 1 is 1.06 bits per heavy atom. The Morgan fingerprint density at radius 3 is 2.31 bits per heavy atom. The summed E-state index contributed by atoms with van der Waals surface area (Å²) in [4.78, 5) is 0. The molecule has 0 aromatic rings. The number of aliphatic hydroxyl groups is 1. The van der Waals surface area contributed by atoms with Crippen molar-refractivity contribution >= 4 is 0 Å². The highest BCUT2D eigenvalue weighted by Gasteiger charge is 2.03. The third-order valence-electron chi connectivity index (χ3n) is 3.24. The van der Waals surface area contributed by atoms with Crippen LogP contribution >= 0.6 is 0 Å². The highest BCUT2D eigenvalue weighted by Crippen LogP contribution is 2.13. The van der Waals surface area contributed by atoms with E-state index in [2.05, 4.69) is 26.8 Å². The standard InChI is InChI=1S/C15H30O/c1-4-6-7-8-9-12-15(16)13-10-11-14(3)5-2/h5,15-16H,4,6-13H2,1-3H3. The van der Waals surface area contributed by atoms with Crippen molar-refractivity contribution in [3.05, 3.63) is 11.6 Å². The first-order chi connectivity index (χ1) is 7.70. The van der Waals surface area contributed by atoms with Gasteiger partial charge in [0, 0.05) is 0 Å². The smallest absolute Gasteiger partial charge is 0.0540 e. The first-order valence-electron chi connectivity index (χ1n) is 7.00. The average molecular weight is 226 g/mol. The Hall–Kier alpha value is -0.300. The molecule has 0 bridgehead atoms. The van der Waals surface area contributed by atoms with Crippen LogP contribution in [-0.2, 0) is 0 Å². The summed E-state index contributed by atoms with van der Waals surface area (Å²) >= 11 is 0. The zero-order valence-electron chi connectivity index (χ0n) is 11.5. The Morgan fingerprint density at radius 2 is 1.69 bits per heavy atom. The van der Waals surface area contributed by atoms with Gasteiger partial charge in [-0.05, 0) is 39.5 Å². The van der Waals surface area contributed by atoms with Gasteiger partial charge in [0.15, 0.2) is 0 Å². The van der Waals surface area contributed by atoms with Gasteiger partial charge in [-0.3, -0.25) is 0 Å². The second-order valence-corrected chi connectivity index (χ2v) is 4.88. The van der Waals surface area contributed by atoms with E-state index in [9.17, 15) is 5.11 Å². The normalized spacial score (nSPS) is 14.1. The highest BCUT2D eigenvalue weighted by atomic mass is 16.3. The van der Waals surface area contributed by atoms with Crippen molar-refractivity contribution in [2.24, 2.45) is 0 Å². The summed E-state index contributed by atoms with van der Waals surface area (Å²) in [5, 5.41) is 9.77. The van der Waals surface area contributed by atoms with Crippen LogP contribution in [0.15, 0.2) is 11.6 Å². The lowest BCUT2D eigenvalue weighted by Gasteiger charge is -2.10. The molecule has 0 saturated heterocycles. The molecule has 0 spiro atoms. The van der Waals surface area contributed by atoms with E-state index in [1.165, 1.54) is 37.7 Å². The van der Waals surface area contributed by atoms with Crippen molar-refractivity contribution in [3.8, 4) is 0 Å². The van der Waals surface area contributed by atoms with Gasteiger partial charge in [-0.15, -0.1) is 0 Å². The van der Waals surface area contributed by atoms with E-state index in [4.69, 9.17) is 0 Å². The van der Waals surface area contributed by atoms with Crippen molar-refractivity contribution in [2.75, 3.05) is 0 Å². The lowest BCUT2D eigenvalue weighted by atomic mass is 10.0. The topological polar surface area (TPSA) is 20.2 Å². The fraction of sp³-hybridized carbons (Fsp3) is 0.867. The van der Waals surface area contributed by atoms with Crippen LogP contribution in [0.4, 0.5) is 0 Å². The maximum Gasteiger partial charge on any atom is 0.0540 e. The molecular formula is C15H30O. The first-order valence-corrected chi connectivity index (χ1v) is 7.00. The fourth-order valence-corrected chi connectivity index (χ4v) is 1.89. The molecule has 1 heteroatoms. The molecule has 0 radical (unpaired) electrons. The first kappa shape index (κ1) is 15.7.